The van der Waals surface area contributed by atoms with E-state index in [0.29, 0.717) is 11.9 Å². The van der Waals surface area contributed by atoms with Crippen molar-refractivity contribution in [3.63, 3.8) is 0 Å². The maximum absolute atomic E-state index is 6.08. The van der Waals surface area contributed by atoms with Crippen molar-refractivity contribution in [1.82, 2.24) is 4.98 Å². The minimum absolute atomic E-state index is 0.449. The van der Waals surface area contributed by atoms with Crippen LogP contribution in [0.3, 0.4) is 0 Å². The number of aryl methyl sites for hydroxylation is 1. The van der Waals surface area contributed by atoms with Gasteiger partial charge in [-0.05, 0) is 25.1 Å². The van der Waals surface area contributed by atoms with Crippen LogP contribution in [0.1, 0.15) is 17.0 Å². The van der Waals surface area contributed by atoms with Gasteiger partial charge in [-0.3, -0.25) is 4.98 Å². The molecule has 0 unspecified atom stereocenters. The van der Waals surface area contributed by atoms with Crippen molar-refractivity contribution in [2.24, 2.45) is 0 Å². The first kappa shape index (κ1) is 13.4. The molecule has 4 heteroatoms. The molecule has 18 heavy (non-hydrogen) atoms. The Labute approximate surface area is 120 Å². The predicted molar refractivity (Wildman–Crippen MR) is 77.4 cm³/mol. The number of aromatic nitrogens is 1. The van der Waals surface area contributed by atoms with Gasteiger partial charge in [0.15, 0.2) is 0 Å². The number of halogens is 2. The molecule has 1 aromatic heterocycles. The number of rotatable bonds is 4. The van der Waals surface area contributed by atoms with Crippen molar-refractivity contribution in [2.75, 3.05) is 0 Å². The predicted octanol–water partition coefficient (Wildman–Crippen LogP) is 4.52. The van der Waals surface area contributed by atoms with Crippen LogP contribution in [-0.4, -0.2) is 4.98 Å². The summed E-state index contributed by atoms with van der Waals surface area (Å²) in [5.41, 5.74) is 2.86. The molecule has 0 saturated carbocycles. The zero-order chi connectivity index (χ0) is 13.0. The maximum atomic E-state index is 6.08. The highest BCUT2D eigenvalue weighted by atomic mass is 79.9. The Balaban J connectivity index is 2.13. The van der Waals surface area contributed by atoms with Crippen LogP contribution in [0.2, 0.25) is 5.02 Å². The molecule has 0 radical (unpaired) electrons. The summed E-state index contributed by atoms with van der Waals surface area (Å²) in [6, 6.07) is 11.5. The summed E-state index contributed by atoms with van der Waals surface area (Å²) >= 11 is 9.50. The van der Waals surface area contributed by atoms with E-state index in [2.05, 4.69) is 20.9 Å². The van der Waals surface area contributed by atoms with Gasteiger partial charge in [0.1, 0.15) is 12.4 Å². The van der Waals surface area contributed by atoms with Crippen LogP contribution in [-0.2, 0) is 11.9 Å². The van der Waals surface area contributed by atoms with Gasteiger partial charge in [-0.2, -0.15) is 0 Å². The van der Waals surface area contributed by atoms with Gasteiger partial charge in [0.25, 0.3) is 0 Å². The summed E-state index contributed by atoms with van der Waals surface area (Å²) < 4.78 is 5.77. The van der Waals surface area contributed by atoms with Gasteiger partial charge in [0.05, 0.1) is 5.69 Å². The van der Waals surface area contributed by atoms with E-state index in [-0.39, 0.29) is 0 Å². The summed E-state index contributed by atoms with van der Waals surface area (Å²) in [5.74, 6) is 0.789. The second kappa shape index (κ2) is 6.21. The molecule has 1 aromatic carbocycles. The molecule has 0 saturated heterocycles. The van der Waals surface area contributed by atoms with Gasteiger partial charge in [-0.1, -0.05) is 45.7 Å². The lowest BCUT2D eigenvalue weighted by Crippen LogP contribution is -2.00. The minimum Gasteiger partial charge on any atom is -0.487 e. The monoisotopic (exact) mass is 325 g/mol. The van der Waals surface area contributed by atoms with Crippen molar-refractivity contribution in [3.8, 4) is 5.75 Å². The molecule has 2 aromatic rings. The topological polar surface area (TPSA) is 22.1 Å². The molecule has 0 aliphatic carbocycles. The summed E-state index contributed by atoms with van der Waals surface area (Å²) in [7, 11) is 0. The van der Waals surface area contributed by atoms with Gasteiger partial charge in [-0.15, -0.1) is 0 Å². The van der Waals surface area contributed by atoms with Crippen LogP contribution in [0, 0.1) is 6.92 Å². The Bertz CT molecular complexity index is 545. The SMILES string of the molecule is Cc1ccc(OCc2ccccc2Cl)c(CBr)n1. The third-order valence-electron chi connectivity index (χ3n) is 2.54. The van der Waals surface area contributed by atoms with Gasteiger partial charge in [-0.25, -0.2) is 0 Å². The molecule has 0 amide bonds. The van der Waals surface area contributed by atoms with Crippen LogP contribution in [0.25, 0.3) is 0 Å². The van der Waals surface area contributed by atoms with E-state index < -0.39 is 0 Å². The Hall–Kier alpha value is -1.06. The molecule has 0 spiro atoms. The molecule has 2 nitrogen and oxygen atoms in total. The molecular weight excluding hydrogens is 314 g/mol. The average Bonchev–Trinajstić information content (AvgIpc) is 2.39. The normalized spacial score (nSPS) is 10.4. The lowest BCUT2D eigenvalue weighted by Gasteiger charge is -2.10. The highest BCUT2D eigenvalue weighted by Crippen LogP contribution is 2.22. The first-order chi connectivity index (χ1) is 8.70. The Morgan fingerprint density at radius 3 is 2.72 bits per heavy atom. The number of benzene rings is 1. The van der Waals surface area contributed by atoms with E-state index in [1.807, 2.05) is 43.3 Å². The molecule has 0 bridgehead atoms. The average molecular weight is 327 g/mol. The van der Waals surface area contributed by atoms with E-state index in [1.54, 1.807) is 0 Å². The van der Waals surface area contributed by atoms with Gasteiger partial charge >= 0.3 is 0 Å². The quantitative estimate of drug-likeness (QED) is 0.771. The van der Waals surface area contributed by atoms with Crippen LogP contribution < -0.4 is 4.74 Å². The first-order valence-corrected chi connectivity index (χ1v) is 7.09. The summed E-state index contributed by atoms with van der Waals surface area (Å²) in [5, 5.41) is 1.39. The number of hydrogen-bond donors (Lipinski definition) is 0. The number of hydrogen-bond acceptors (Lipinski definition) is 2. The van der Waals surface area contributed by atoms with Crippen molar-refractivity contribution in [1.29, 1.82) is 0 Å². The second-order valence-corrected chi connectivity index (χ2v) is 4.88. The van der Waals surface area contributed by atoms with E-state index in [0.717, 1.165) is 27.7 Å². The number of ether oxygens (including phenoxy) is 1. The van der Waals surface area contributed by atoms with Gasteiger partial charge < -0.3 is 4.74 Å². The summed E-state index contributed by atoms with van der Waals surface area (Å²) in [6.45, 7) is 2.41. The fraction of sp³-hybridized carbons (Fsp3) is 0.214. The third kappa shape index (κ3) is 3.24. The molecule has 94 valence electrons. The molecule has 0 fully saturated rings. The smallest absolute Gasteiger partial charge is 0.142 e. The molecule has 0 aliphatic rings. The molecule has 1 heterocycles. The fourth-order valence-corrected chi connectivity index (χ4v) is 2.19. The second-order valence-electron chi connectivity index (χ2n) is 3.91. The van der Waals surface area contributed by atoms with Crippen molar-refractivity contribution in [2.45, 2.75) is 18.9 Å². The standard InChI is InChI=1S/C14H13BrClNO/c1-10-6-7-14(13(8-15)17-10)18-9-11-4-2-3-5-12(11)16/h2-7H,8-9H2,1H3. The molecular formula is C14H13BrClNO. The third-order valence-corrected chi connectivity index (χ3v) is 3.44. The fourth-order valence-electron chi connectivity index (χ4n) is 1.60. The summed E-state index contributed by atoms with van der Waals surface area (Å²) in [4.78, 5) is 4.42. The molecule has 2 rings (SSSR count). The molecule has 0 aliphatic heterocycles. The molecule has 0 atom stereocenters. The van der Waals surface area contributed by atoms with Crippen molar-refractivity contribution < 1.29 is 4.74 Å². The lowest BCUT2D eigenvalue weighted by atomic mass is 10.2. The Morgan fingerprint density at radius 1 is 1.22 bits per heavy atom. The minimum atomic E-state index is 0.449. The van der Waals surface area contributed by atoms with E-state index in [1.165, 1.54) is 0 Å². The van der Waals surface area contributed by atoms with E-state index in [4.69, 9.17) is 16.3 Å². The maximum Gasteiger partial charge on any atom is 0.142 e. The largest absolute Gasteiger partial charge is 0.487 e. The number of alkyl halides is 1. The van der Waals surface area contributed by atoms with Crippen LogP contribution in [0.5, 0.6) is 5.75 Å². The number of nitrogens with zero attached hydrogens (tertiary/aromatic N) is 1. The highest BCUT2D eigenvalue weighted by molar-refractivity contribution is 9.08. The summed E-state index contributed by atoms with van der Waals surface area (Å²) in [6.07, 6.45) is 0. The Kier molecular flexibility index (Phi) is 4.61. The van der Waals surface area contributed by atoms with Crippen LogP contribution >= 0.6 is 27.5 Å². The number of pyridine rings is 1. The first-order valence-electron chi connectivity index (χ1n) is 5.59. The van der Waals surface area contributed by atoms with E-state index in [9.17, 15) is 0 Å². The van der Waals surface area contributed by atoms with Gasteiger partial charge in [0, 0.05) is 21.6 Å². The van der Waals surface area contributed by atoms with Crippen LogP contribution in [0.15, 0.2) is 36.4 Å². The highest BCUT2D eigenvalue weighted by Gasteiger charge is 2.06. The zero-order valence-electron chi connectivity index (χ0n) is 9.99. The van der Waals surface area contributed by atoms with Gasteiger partial charge in [0.2, 0.25) is 0 Å². The van der Waals surface area contributed by atoms with Crippen LogP contribution in [0.4, 0.5) is 0 Å². The van der Waals surface area contributed by atoms with Crippen molar-refractivity contribution in [3.05, 3.63) is 58.4 Å². The van der Waals surface area contributed by atoms with E-state index >= 15 is 0 Å². The van der Waals surface area contributed by atoms with Crippen molar-refractivity contribution >= 4 is 27.5 Å². The molecule has 0 N–H and O–H groups in total. The zero-order valence-corrected chi connectivity index (χ0v) is 12.3. The Morgan fingerprint density at radius 2 is 2.00 bits per heavy atom. The lowest BCUT2D eigenvalue weighted by molar-refractivity contribution is 0.302.